The van der Waals surface area contributed by atoms with Gasteiger partial charge in [-0.2, -0.15) is 10.5 Å². The Labute approximate surface area is 251 Å². The lowest BCUT2D eigenvalue weighted by molar-refractivity contribution is -0.145. The highest BCUT2D eigenvalue weighted by molar-refractivity contribution is 8.25. The van der Waals surface area contributed by atoms with E-state index >= 15 is 0 Å². The lowest BCUT2D eigenvalue weighted by Gasteiger charge is -2.38. The van der Waals surface area contributed by atoms with Crippen LogP contribution in [0.15, 0.2) is 9.81 Å². The molecule has 1 atom stereocenters. The van der Waals surface area contributed by atoms with Crippen LogP contribution in [0.1, 0.15) is 122 Å². The van der Waals surface area contributed by atoms with Crippen LogP contribution in [0.5, 0.6) is 0 Å². The van der Waals surface area contributed by atoms with E-state index in [0.29, 0.717) is 17.1 Å². The van der Waals surface area contributed by atoms with Gasteiger partial charge in [-0.3, -0.25) is 0 Å². The minimum absolute atomic E-state index is 0.0187. The molecule has 1 saturated heterocycles. The van der Waals surface area contributed by atoms with Crippen LogP contribution in [-0.4, -0.2) is 23.1 Å². The number of carbonyl (C=O) groups is 1. The van der Waals surface area contributed by atoms with Gasteiger partial charge >= 0.3 is 5.97 Å². The molecule has 0 bridgehead atoms. The number of nitrogens with zero attached hydrogens (tertiary/aromatic N) is 2. The maximum Gasteiger partial charge on any atom is 0.350 e. The molecular formula is C34H50N2O2S2. The largest absolute Gasteiger partial charge is 0.458 e. The average molecular weight is 583 g/mol. The van der Waals surface area contributed by atoms with Crippen LogP contribution >= 0.6 is 23.5 Å². The van der Waals surface area contributed by atoms with Crippen molar-refractivity contribution < 1.29 is 9.53 Å². The van der Waals surface area contributed by atoms with E-state index in [-0.39, 0.29) is 17.6 Å². The molecule has 0 aromatic rings. The van der Waals surface area contributed by atoms with Crippen molar-refractivity contribution in [3.8, 4) is 12.1 Å². The first-order chi connectivity index (χ1) is 19.6. The molecule has 40 heavy (non-hydrogen) atoms. The van der Waals surface area contributed by atoms with Crippen molar-refractivity contribution in [3.05, 3.63) is 9.81 Å². The molecule has 0 radical (unpaired) electrons. The van der Waals surface area contributed by atoms with Crippen molar-refractivity contribution in [2.45, 2.75) is 134 Å². The van der Waals surface area contributed by atoms with Gasteiger partial charge in [-0.05, 0) is 125 Å². The molecule has 0 amide bonds. The summed E-state index contributed by atoms with van der Waals surface area (Å²) in [5.74, 6) is 5.89. The van der Waals surface area contributed by atoms with Crippen LogP contribution in [-0.2, 0) is 9.53 Å². The highest BCUT2D eigenvalue weighted by Gasteiger charge is 2.38. The van der Waals surface area contributed by atoms with Crippen molar-refractivity contribution in [2.24, 2.45) is 41.4 Å². The van der Waals surface area contributed by atoms with Gasteiger partial charge in [-0.1, -0.05) is 32.6 Å². The highest BCUT2D eigenvalue weighted by Crippen LogP contribution is 2.51. The van der Waals surface area contributed by atoms with E-state index in [4.69, 9.17) is 4.74 Å². The topological polar surface area (TPSA) is 73.9 Å². The van der Waals surface area contributed by atoms with Crippen LogP contribution < -0.4 is 0 Å². The second kappa shape index (κ2) is 14.9. The predicted octanol–water partition coefficient (Wildman–Crippen LogP) is 9.42. The Balaban J connectivity index is 1.05. The fraction of sp³-hybridized carbons (Fsp3) is 0.853. The minimum atomic E-state index is -0.377. The lowest BCUT2D eigenvalue weighted by atomic mass is 9.69. The second-order valence-electron chi connectivity index (χ2n) is 13.7. The third kappa shape index (κ3) is 7.64. The summed E-state index contributed by atoms with van der Waals surface area (Å²) in [6.07, 6.45) is 22.4. The molecule has 4 saturated carbocycles. The van der Waals surface area contributed by atoms with Crippen molar-refractivity contribution in [1.82, 2.24) is 0 Å². The van der Waals surface area contributed by atoms with Crippen molar-refractivity contribution in [1.29, 1.82) is 10.5 Å². The van der Waals surface area contributed by atoms with E-state index in [2.05, 4.69) is 19.1 Å². The van der Waals surface area contributed by atoms with Gasteiger partial charge in [0.2, 0.25) is 0 Å². The van der Waals surface area contributed by atoms with Crippen LogP contribution in [0.2, 0.25) is 0 Å². The summed E-state index contributed by atoms with van der Waals surface area (Å²) in [4.78, 5) is 13.1. The molecule has 5 rings (SSSR count). The smallest absolute Gasteiger partial charge is 0.350 e. The molecule has 0 spiro atoms. The molecule has 0 aromatic heterocycles. The van der Waals surface area contributed by atoms with Crippen LogP contribution in [0.3, 0.4) is 0 Å². The molecule has 0 aromatic carbocycles. The van der Waals surface area contributed by atoms with Crippen molar-refractivity contribution >= 4 is 29.5 Å². The second-order valence-corrected chi connectivity index (χ2v) is 16.2. The van der Waals surface area contributed by atoms with Gasteiger partial charge in [0.05, 0.1) is 10.3 Å². The maximum atomic E-state index is 13.1. The van der Waals surface area contributed by atoms with E-state index in [1.54, 1.807) is 23.5 Å². The minimum Gasteiger partial charge on any atom is -0.458 e. The molecule has 4 aliphatic carbocycles. The summed E-state index contributed by atoms with van der Waals surface area (Å²) in [7, 11) is 0. The Morgan fingerprint density at radius 3 is 1.85 bits per heavy atom. The molecule has 5 fully saturated rings. The molecular weight excluding hydrogens is 533 g/mol. The van der Waals surface area contributed by atoms with Gasteiger partial charge in [-0.25, -0.2) is 4.79 Å². The monoisotopic (exact) mass is 582 g/mol. The van der Waals surface area contributed by atoms with E-state index in [9.17, 15) is 15.3 Å². The van der Waals surface area contributed by atoms with E-state index in [1.807, 2.05) is 0 Å². The zero-order chi connectivity index (χ0) is 27.9. The summed E-state index contributed by atoms with van der Waals surface area (Å²) < 4.78 is 6.86. The molecule has 1 heterocycles. The normalized spacial score (nSPS) is 40.0. The standard InChI is InChI=1S/C34H50N2O2S2/c1-2-3-23-4-8-25(9-5-23)28-16-18-30(19-17-28)38-33(37)31(21-36)34-39-22-32(40-34)29-14-12-27(13-15-29)26-10-6-24(20-35)7-11-26/h23-30,32H,2-19,22H2,1H3/b34-31-. The highest BCUT2D eigenvalue weighted by atomic mass is 32.2. The number of nitriles is 2. The Hall–Kier alpha value is -1.11. The molecule has 5 aliphatic rings. The molecule has 6 heteroatoms. The first-order valence-electron chi connectivity index (χ1n) is 16.6. The number of hydrogen-bond donors (Lipinski definition) is 0. The van der Waals surface area contributed by atoms with E-state index in [1.165, 1.54) is 89.9 Å². The first-order valence-corrected chi connectivity index (χ1v) is 18.5. The first kappa shape index (κ1) is 30.4. The summed E-state index contributed by atoms with van der Waals surface area (Å²) in [5, 5.41) is 19.6. The van der Waals surface area contributed by atoms with Crippen molar-refractivity contribution in [3.63, 3.8) is 0 Å². The number of rotatable bonds is 7. The third-order valence-electron chi connectivity index (χ3n) is 11.4. The third-order valence-corrected chi connectivity index (χ3v) is 14.5. The van der Waals surface area contributed by atoms with Gasteiger partial charge in [0.15, 0.2) is 5.57 Å². The van der Waals surface area contributed by atoms with Gasteiger partial charge in [0.25, 0.3) is 0 Å². The Kier molecular flexibility index (Phi) is 11.3. The maximum absolute atomic E-state index is 13.1. The zero-order valence-electron chi connectivity index (χ0n) is 24.7. The van der Waals surface area contributed by atoms with Crippen LogP contribution in [0.4, 0.5) is 0 Å². The number of esters is 1. The van der Waals surface area contributed by atoms with Gasteiger partial charge < -0.3 is 4.74 Å². The predicted molar refractivity (Wildman–Crippen MR) is 165 cm³/mol. The Morgan fingerprint density at radius 1 is 0.775 bits per heavy atom. The van der Waals surface area contributed by atoms with Gasteiger partial charge in [0, 0.05) is 16.9 Å². The van der Waals surface area contributed by atoms with Gasteiger partial charge in [-0.15, -0.1) is 23.5 Å². The van der Waals surface area contributed by atoms with Crippen LogP contribution in [0, 0.1) is 64.1 Å². The fourth-order valence-electron chi connectivity index (χ4n) is 8.85. The number of ether oxygens (including phenoxy) is 1. The molecule has 0 N–H and O–H groups in total. The quantitative estimate of drug-likeness (QED) is 0.169. The molecule has 220 valence electrons. The SMILES string of the molecule is CCCC1CCC(C2CCC(OC(=O)/C(C#N)=C3/SCC(C4CCC(C5CCC(C#N)CC5)CC4)S3)CC2)CC1. The van der Waals surface area contributed by atoms with Gasteiger partial charge in [0.1, 0.15) is 12.2 Å². The number of carbonyl (C=O) groups excluding carboxylic acids is 1. The molecule has 4 nitrogen and oxygen atoms in total. The lowest BCUT2D eigenvalue weighted by Crippen LogP contribution is -2.30. The summed E-state index contributed by atoms with van der Waals surface area (Å²) >= 11 is 3.50. The van der Waals surface area contributed by atoms with E-state index < -0.39 is 0 Å². The average Bonchev–Trinajstić information content (AvgIpc) is 3.48. The van der Waals surface area contributed by atoms with Crippen LogP contribution in [0.25, 0.3) is 0 Å². The molecule has 1 unspecified atom stereocenters. The summed E-state index contributed by atoms with van der Waals surface area (Å²) in [6.45, 7) is 2.31. The summed E-state index contributed by atoms with van der Waals surface area (Å²) in [5.41, 5.74) is 0.261. The fourth-order valence-corrected chi connectivity index (χ4v) is 12.0. The van der Waals surface area contributed by atoms with Crippen molar-refractivity contribution in [2.75, 3.05) is 5.75 Å². The number of hydrogen-bond acceptors (Lipinski definition) is 6. The Morgan fingerprint density at radius 2 is 1.30 bits per heavy atom. The summed E-state index contributed by atoms with van der Waals surface area (Å²) in [6, 6.07) is 4.70. The zero-order valence-corrected chi connectivity index (χ0v) is 26.3. The Bertz CT molecular complexity index is 951. The van der Waals surface area contributed by atoms with E-state index in [0.717, 1.165) is 65.3 Å². The number of thioether (sulfide) groups is 2. The molecule has 1 aliphatic heterocycles.